The molecule has 0 atom stereocenters. The summed E-state index contributed by atoms with van der Waals surface area (Å²) in [5.74, 6) is 2.59. The van der Waals surface area contributed by atoms with Crippen molar-refractivity contribution in [1.29, 1.82) is 0 Å². The van der Waals surface area contributed by atoms with Crippen LogP contribution in [0, 0.1) is 19.3 Å². The molecule has 7 heteroatoms. The van der Waals surface area contributed by atoms with E-state index < -0.39 is 10.0 Å². The van der Waals surface area contributed by atoms with E-state index in [9.17, 15) is 8.42 Å². The van der Waals surface area contributed by atoms with Gasteiger partial charge in [0.1, 0.15) is 4.21 Å². The van der Waals surface area contributed by atoms with Crippen molar-refractivity contribution in [3.05, 3.63) is 15.4 Å². The standard InChI is InChI=1S/C12H15BrN2O2S2/c1-3-4-14-5-7-15(8-6-14)19(16,17)11-9-10(2)12(13)18-11/h1,9H,4-8H2,2H3. The fourth-order valence-corrected chi connectivity index (χ4v) is 5.75. The average molecular weight is 363 g/mol. The van der Waals surface area contributed by atoms with Crippen LogP contribution in [-0.2, 0) is 10.0 Å². The molecule has 0 amide bonds. The third-order valence-electron chi connectivity index (χ3n) is 3.07. The van der Waals surface area contributed by atoms with Gasteiger partial charge in [0.05, 0.1) is 10.3 Å². The van der Waals surface area contributed by atoms with Gasteiger partial charge in [0.2, 0.25) is 0 Å². The number of rotatable bonds is 3. The number of piperazine rings is 1. The van der Waals surface area contributed by atoms with Gasteiger partial charge in [0, 0.05) is 26.2 Å². The fourth-order valence-electron chi connectivity index (χ4n) is 1.94. The summed E-state index contributed by atoms with van der Waals surface area (Å²) in [5, 5.41) is 0. The van der Waals surface area contributed by atoms with Gasteiger partial charge >= 0.3 is 0 Å². The van der Waals surface area contributed by atoms with Crippen LogP contribution in [0.15, 0.2) is 14.1 Å². The van der Waals surface area contributed by atoms with Crippen LogP contribution in [0.25, 0.3) is 0 Å². The Bertz CT molecular complexity index is 576. The molecular formula is C12H15BrN2O2S2. The van der Waals surface area contributed by atoms with E-state index in [4.69, 9.17) is 6.42 Å². The van der Waals surface area contributed by atoms with Crippen LogP contribution in [0.2, 0.25) is 0 Å². The predicted octanol–water partition coefficient (Wildman–Crippen LogP) is 1.76. The summed E-state index contributed by atoms with van der Waals surface area (Å²) in [7, 11) is -3.36. The Kier molecular flexibility index (Phi) is 4.69. The number of thiophene rings is 1. The maximum atomic E-state index is 12.5. The summed E-state index contributed by atoms with van der Waals surface area (Å²) < 4.78 is 27.8. The predicted molar refractivity (Wildman–Crippen MR) is 80.8 cm³/mol. The number of nitrogens with zero attached hydrogens (tertiary/aromatic N) is 2. The Morgan fingerprint density at radius 1 is 1.42 bits per heavy atom. The number of sulfonamides is 1. The summed E-state index contributed by atoms with van der Waals surface area (Å²) in [4.78, 5) is 2.08. The van der Waals surface area contributed by atoms with Gasteiger partial charge in [0.25, 0.3) is 10.0 Å². The van der Waals surface area contributed by atoms with Gasteiger partial charge in [-0.3, -0.25) is 4.90 Å². The molecule has 0 aromatic carbocycles. The number of aryl methyl sites for hydroxylation is 1. The zero-order chi connectivity index (χ0) is 14.0. The van der Waals surface area contributed by atoms with Crippen molar-refractivity contribution < 1.29 is 8.42 Å². The van der Waals surface area contributed by atoms with Gasteiger partial charge in [-0.15, -0.1) is 17.8 Å². The molecule has 1 fully saturated rings. The molecule has 1 aliphatic rings. The minimum absolute atomic E-state index is 0.405. The minimum atomic E-state index is -3.36. The van der Waals surface area contributed by atoms with E-state index in [1.54, 1.807) is 6.07 Å². The molecule has 0 saturated carbocycles. The van der Waals surface area contributed by atoms with Gasteiger partial charge in [-0.25, -0.2) is 8.42 Å². The van der Waals surface area contributed by atoms with Crippen molar-refractivity contribution in [2.24, 2.45) is 0 Å². The Hall–Kier alpha value is -0.390. The van der Waals surface area contributed by atoms with Gasteiger partial charge in [-0.2, -0.15) is 4.31 Å². The highest BCUT2D eigenvalue weighted by Crippen LogP contribution is 2.32. The van der Waals surface area contributed by atoms with Crippen molar-refractivity contribution in [2.45, 2.75) is 11.1 Å². The summed E-state index contributed by atoms with van der Waals surface area (Å²) in [5.41, 5.74) is 0.953. The van der Waals surface area contributed by atoms with Crippen molar-refractivity contribution >= 4 is 37.3 Å². The molecule has 0 spiro atoms. The molecule has 4 nitrogen and oxygen atoms in total. The first-order valence-corrected chi connectivity index (χ1v) is 8.92. The first-order valence-electron chi connectivity index (χ1n) is 5.87. The number of hydrogen-bond acceptors (Lipinski definition) is 4. The largest absolute Gasteiger partial charge is 0.290 e. The van der Waals surface area contributed by atoms with Crippen LogP contribution < -0.4 is 0 Å². The molecule has 2 heterocycles. The normalized spacial score (nSPS) is 18.4. The molecule has 0 bridgehead atoms. The molecule has 1 aromatic rings. The molecule has 2 rings (SSSR count). The average Bonchev–Trinajstić information content (AvgIpc) is 2.71. The molecule has 104 valence electrons. The second-order valence-electron chi connectivity index (χ2n) is 4.41. The van der Waals surface area contributed by atoms with Crippen LogP contribution in [-0.4, -0.2) is 50.3 Å². The zero-order valence-corrected chi connectivity index (χ0v) is 13.8. The topological polar surface area (TPSA) is 40.6 Å². The third kappa shape index (κ3) is 3.20. The number of hydrogen-bond donors (Lipinski definition) is 0. The van der Waals surface area contributed by atoms with Crippen LogP contribution >= 0.6 is 27.3 Å². The minimum Gasteiger partial charge on any atom is -0.290 e. The number of terminal acetylenes is 1. The van der Waals surface area contributed by atoms with E-state index in [0.29, 0.717) is 36.9 Å². The lowest BCUT2D eigenvalue weighted by Gasteiger charge is -2.32. The van der Waals surface area contributed by atoms with E-state index in [0.717, 1.165) is 9.35 Å². The smallest absolute Gasteiger partial charge is 0.252 e. The van der Waals surface area contributed by atoms with E-state index >= 15 is 0 Å². The summed E-state index contributed by atoms with van der Waals surface area (Å²) in [6.07, 6.45) is 5.26. The molecule has 1 aliphatic heterocycles. The quantitative estimate of drug-likeness (QED) is 0.769. The summed E-state index contributed by atoms with van der Waals surface area (Å²) in [6.45, 7) is 4.85. The van der Waals surface area contributed by atoms with Crippen LogP contribution in [0.1, 0.15) is 5.56 Å². The van der Waals surface area contributed by atoms with Crippen LogP contribution in [0.5, 0.6) is 0 Å². The van der Waals surface area contributed by atoms with Gasteiger partial charge < -0.3 is 0 Å². The Morgan fingerprint density at radius 2 is 2.05 bits per heavy atom. The molecular weight excluding hydrogens is 348 g/mol. The highest BCUT2D eigenvalue weighted by molar-refractivity contribution is 9.11. The lowest BCUT2D eigenvalue weighted by molar-refractivity contribution is 0.207. The van der Waals surface area contributed by atoms with E-state index in [1.807, 2.05) is 6.92 Å². The van der Waals surface area contributed by atoms with Crippen molar-refractivity contribution in [2.75, 3.05) is 32.7 Å². The Balaban J connectivity index is 2.12. The van der Waals surface area contributed by atoms with E-state index in [1.165, 1.54) is 15.6 Å². The molecule has 0 N–H and O–H groups in total. The maximum absolute atomic E-state index is 12.5. The van der Waals surface area contributed by atoms with Gasteiger partial charge in [-0.1, -0.05) is 5.92 Å². The molecule has 19 heavy (non-hydrogen) atoms. The summed E-state index contributed by atoms with van der Waals surface area (Å²) in [6, 6.07) is 1.72. The van der Waals surface area contributed by atoms with Gasteiger partial charge in [0.15, 0.2) is 0 Å². The third-order valence-corrected chi connectivity index (χ3v) is 7.56. The molecule has 0 aliphatic carbocycles. The first-order chi connectivity index (χ1) is 8.95. The first kappa shape index (κ1) is 15.0. The molecule has 1 saturated heterocycles. The SMILES string of the molecule is C#CCN1CCN(S(=O)(=O)c2cc(C)c(Br)s2)CC1. The molecule has 0 radical (unpaired) electrons. The highest BCUT2D eigenvalue weighted by atomic mass is 79.9. The Morgan fingerprint density at radius 3 is 2.53 bits per heavy atom. The number of halogens is 1. The zero-order valence-electron chi connectivity index (χ0n) is 10.6. The van der Waals surface area contributed by atoms with Crippen LogP contribution in [0.4, 0.5) is 0 Å². The highest BCUT2D eigenvalue weighted by Gasteiger charge is 2.29. The van der Waals surface area contributed by atoms with Crippen molar-refractivity contribution in [3.8, 4) is 12.3 Å². The fraction of sp³-hybridized carbons (Fsp3) is 0.500. The lowest BCUT2D eigenvalue weighted by Crippen LogP contribution is -2.48. The molecule has 0 unspecified atom stereocenters. The van der Waals surface area contributed by atoms with Crippen molar-refractivity contribution in [3.63, 3.8) is 0 Å². The van der Waals surface area contributed by atoms with Crippen molar-refractivity contribution in [1.82, 2.24) is 9.21 Å². The van der Waals surface area contributed by atoms with Crippen LogP contribution in [0.3, 0.4) is 0 Å². The van der Waals surface area contributed by atoms with Gasteiger partial charge in [-0.05, 0) is 34.5 Å². The summed E-state index contributed by atoms with van der Waals surface area (Å²) >= 11 is 4.63. The second kappa shape index (κ2) is 5.94. The monoisotopic (exact) mass is 362 g/mol. The second-order valence-corrected chi connectivity index (χ2v) is 8.94. The van der Waals surface area contributed by atoms with E-state index in [-0.39, 0.29) is 0 Å². The van der Waals surface area contributed by atoms with E-state index in [2.05, 4.69) is 26.8 Å². The lowest BCUT2D eigenvalue weighted by atomic mass is 10.4. The maximum Gasteiger partial charge on any atom is 0.252 e. The Labute approximate surface area is 126 Å². The molecule has 1 aromatic heterocycles.